The van der Waals surface area contributed by atoms with Crippen LogP contribution in [0.25, 0.3) is 0 Å². The molecule has 2 heterocycles. The molecule has 0 unspecified atom stereocenters. The quantitative estimate of drug-likeness (QED) is 0.224. The first-order valence-corrected chi connectivity index (χ1v) is 14.1. The van der Waals surface area contributed by atoms with E-state index in [4.69, 9.17) is 4.98 Å². The van der Waals surface area contributed by atoms with Gasteiger partial charge in [-0.25, -0.2) is 4.98 Å². The Morgan fingerprint density at radius 3 is 2.57 bits per heavy atom. The average molecular weight is 632 g/mol. The first-order chi connectivity index (χ1) is 13.2. The van der Waals surface area contributed by atoms with Gasteiger partial charge in [-0.3, -0.25) is 0 Å². The van der Waals surface area contributed by atoms with Crippen LogP contribution in [-0.4, -0.2) is 14.1 Å². The van der Waals surface area contributed by atoms with E-state index in [9.17, 15) is 13.2 Å². The number of alkyl halides is 4. The average Bonchev–Trinajstić information content (AvgIpc) is 2.84. The Kier molecular flexibility index (Phi) is 7.12. The SMILES string of the molecule is CCc1cc(NC2=I[C@@H](C)C=CC(c3nc(C)c(C)s3)=I2)cc(C(F)(F)F)c1. The summed E-state index contributed by atoms with van der Waals surface area (Å²) in [5.74, 6) is 0. The second-order valence-corrected chi connectivity index (χ2v) is 16.1. The molecule has 8 heteroatoms. The van der Waals surface area contributed by atoms with Crippen LogP contribution in [0.3, 0.4) is 0 Å². The third-order valence-corrected chi connectivity index (χ3v) is 13.0. The van der Waals surface area contributed by atoms with Crippen LogP contribution in [0.1, 0.15) is 40.6 Å². The number of nitrogens with one attached hydrogen (secondary N) is 1. The summed E-state index contributed by atoms with van der Waals surface area (Å²) in [7, 11) is 0. The molecule has 2 aromatic rings. The Bertz CT molecular complexity index is 955. The van der Waals surface area contributed by atoms with Crippen LogP contribution in [0, 0.1) is 13.8 Å². The fourth-order valence-electron chi connectivity index (χ4n) is 2.52. The molecule has 1 aliphatic rings. The van der Waals surface area contributed by atoms with Crippen LogP contribution in [0.2, 0.25) is 0 Å². The van der Waals surface area contributed by atoms with Crippen molar-refractivity contribution in [2.24, 2.45) is 0 Å². The fraction of sp³-hybridized carbons (Fsp3) is 0.350. The van der Waals surface area contributed by atoms with Gasteiger partial charge < -0.3 is 5.32 Å². The summed E-state index contributed by atoms with van der Waals surface area (Å²) < 4.78 is 42.7. The highest BCUT2D eigenvalue weighted by Gasteiger charge is 2.31. The van der Waals surface area contributed by atoms with Gasteiger partial charge in [-0.2, -0.15) is 13.2 Å². The van der Waals surface area contributed by atoms with Gasteiger partial charge in [0.05, 0.1) is 11.3 Å². The van der Waals surface area contributed by atoms with Crippen LogP contribution < -0.4 is 5.32 Å². The highest BCUT2D eigenvalue weighted by atomic mass is 127. The Labute approximate surface area is 187 Å². The summed E-state index contributed by atoms with van der Waals surface area (Å²) in [6, 6.07) is 4.33. The molecular formula is C20H21F3I2N2S. The normalized spacial score (nSPS) is 17.8. The summed E-state index contributed by atoms with van der Waals surface area (Å²) in [5.41, 5.74) is 1.73. The number of halogens is 5. The van der Waals surface area contributed by atoms with Crippen molar-refractivity contribution in [2.75, 3.05) is 5.32 Å². The highest BCUT2D eigenvalue weighted by molar-refractivity contribution is 14.3. The number of thiazole rings is 1. The van der Waals surface area contributed by atoms with E-state index in [2.05, 4.69) is 31.3 Å². The van der Waals surface area contributed by atoms with E-state index in [0.717, 1.165) is 10.7 Å². The lowest BCUT2D eigenvalue weighted by atomic mass is 10.1. The van der Waals surface area contributed by atoms with Gasteiger partial charge in [0.2, 0.25) is 0 Å². The van der Waals surface area contributed by atoms with E-state index in [0.29, 0.717) is 21.6 Å². The predicted molar refractivity (Wildman–Crippen MR) is 132 cm³/mol. The van der Waals surface area contributed by atoms with Crippen molar-refractivity contribution >= 4 is 63.6 Å². The highest BCUT2D eigenvalue weighted by Crippen LogP contribution is 2.34. The summed E-state index contributed by atoms with van der Waals surface area (Å²) in [5, 5.41) is 4.44. The Morgan fingerprint density at radius 2 is 1.96 bits per heavy atom. The molecule has 152 valence electrons. The summed E-state index contributed by atoms with van der Waals surface area (Å²) in [6.45, 7) is 8.15. The molecule has 0 fully saturated rings. The topological polar surface area (TPSA) is 24.9 Å². The minimum atomic E-state index is -4.33. The van der Waals surface area contributed by atoms with Crippen LogP contribution in [0.4, 0.5) is 18.9 Å². The predicted octanol–water partition coefficient (Wildman–Crippen LogP) is 6.96. The van der Waals surface area contributed by atoms with Crippen molar-refractivity contribution < 1.29 is 13.2 Å². The van der Waals surface area contributed by atoms with Gasteiger partial charge in [0.25, 0.3) is 0 Å². The smallest absolute Gasteiger partial charge is 0.346 e. The monoisotopic (exact) mass is 632 g/mol. The Morgan fingerprint density at radius 1 is 1.21 bits per heavy atom. The van der Waals surface area contributed by atoms with Crippen LogP contribution in [-0.2, 0) is 12.6 Å². The molecule has 1 atom stereocenters. The molecule has 0 aliphatic carbocycles. The maximum Gasteiger partial charge on any atom is 0.416 e. The van der Waals surface area contributed by atoms with Gasteiger partial charge in [-0.1, -0.05) is 40.7 Å². The zero-order valence-electron chi connectivity index (χ0n) is 15.9. The van der Waals surface area contributed by atoms with E-state index >= 15 is 0 Å². The standard InChI is InChI=1S/C20H21F3I2N2S/c1-5-14-8-15(20(21,22)23)10-16(9-14)27-19-24-11(2)6-7-17(25-19)18-26-12(3)13(4)28-18/h6-11,27H,5H2,1-4H3/t11-/m0/s1. The van der Waals surface area contributed by atoms with Gasteiger partial charge in [-0.15, -0.1) is 11.3 Å². The minimum absolute atomic E-state index is 0.298. The van der Waals surface area contributed by atoms with E-state index in [1.807, 2.05) is 19.9 Å². The Hall–Kier alpha value is -0.620. The van der Waals surface area contributed by atoms with Crippen molar-refractivity contribution in [2.45, 2.75) is 44.2 Å². The third kappa shape index (κ3) is 5.50. The van der Waals surface area contributed by atoms with E-state index < -0.39 is 32.5 Å². The molecule has 1 aromatic carbocycles. The minimum Gasteiger partial charge on any atom is -0.346 e. The van der Waals surface area contributed by atoms with E-state index in [-0.39, 0.29) is 20.7 Å². The molecule has 0 spiro atoms. The fourth-order valence-corrected chi connectivity index (χ4v) is 12.3. The van der Waals surface area contributed by atoms with Crippen molar-refractivity contribution in [3.05, 3.63) is 57.1 Å². The summed E-state index contributed by atoms with van der Waals surface area (Å²) in [6.07, 6.45) is 0.660. The molecule has 3 rings (SSSR count). The van der Waals surface area contributed by atoms with E-state index in [1.165, 1.54) is 22.2 Å². The molecule has 28 heavy (non-hydrogen) atoms. The molecule has 1 N–H and O–H groups in total. The van der Waals surface area contributed by atoms with Crippen molar-refractivity contribution in [3.8, 4) is 0 Å². The van der Waals surface area contributed by atoms with E-state index in [1.54, 1.807) is 11.3 Å². The number of aryl methyl sites for hydroxylation is 3. The maximum absolute atomic E-state index is 13.3. The molecule has 2 nitrogen and oxygen atoms in total. The molecule has 1 aromatic heterocycles. The molecule has 0 bridgehead atoms. The first-order valence-electron chi connectivity index (χ1n) is 8.78. The van der Waals surface area contributed by atoms with Crippen LogP contribution >= 0.6 is 52.8 Å². The number of benzene rings is 1. The van der Waals surface area contributed by atoms with Gasteiger partial charge >= 0.3 is 6.18 Å². The molecule has 0 saturated carbocycles. The second-order valence-electron chi connectivity index (χ2n) is 6.40. The van der Waals surface area contributed by atoms with Gasteiger partial charge in [0, 0.05) is 18.0 Å². The maximum atomic E-state index is 13.3. The lowest BCUT2D eigenvalue weighted by Crippen LogP contribution is -2.09. The van der Waals surface area contributed by atoms with Crippen molar-refractivity contribution in [1.29, 1.82) is 0 Å². The number of anilines is 1. The molecule has 0 amide bonds. The summed E-state index contributed by atoms with van der Waals surface area (Å²) >= 11 is 0.926. The second kappa shape index (κ2) is 9.03. The number of aromatic nitrogens is 1. The molecule has 1 aliphatic heterocycles. The first kappa shape index (κ1) is 22.1. The third-order valence-electron chi connectivity index (χ3n) is 4.16. The van der Waals surface area contributed by atoms with Gasteiger partial charge in [-0.05, 0) is 70.8 Å². The number of hydrogen-bond donors (Lipinski definition) is 1. The van der Waals surface area contributed by atoms with Crippen LogP contribution in [0.15, 0.2) is 30.4 Å². The Balaban J connectivity index is 1.97. The number of rotatable bonds is 4. The lowest BCUT2D eigenvalue weighted by molar-refractivity contribution is -0.137. The molecular weight excluding hydrogens is 611 g/mol. The van der Waals surface area contributed by atoms with Crippen molar-refractivity contribution in [3.63, 3.8) is 0 Å². The zero-order chi connectivity index (χ0) is 20.5. The largest absolute Gasteiger partial charge is 0.416 e. The van der Waals surface area contributed by atoms with Gasteiger partial charge in [0.15, 0.2) is 0 Å². The number of allylic oxidation sites excluding steroid dienone is 2. The van der Waals surface area contributed by atoms with Crippen molar-refractivity contribution in [1.82, 2.24) is 4.98 Å². The zero-order valence-corrected chi connectivity index (χ0v) is 21.0. The lowest BCUT2D eigenvalue weighted by Gasteiger charge is -2.13. The molecule has 0 saturated heterocycles. The molecule has 0 radical (unpaired) electrons. The summed E-state index contributed by atoms with van der Waals surface area (Å²) in [4.78, 5) is 5.91. The number of hydrogen-bond acceptors (Lipinski definition) is 3. The van der Waals surface area contributed by atoms with Gasteiger partial charge in [0.1, 0.15) is 6.65 Å². The van der Waals surface area contributed by atoms with Crippen LogP contribution in [0.5, 0.6) is 0 Å². The number of nitrogens with zero attached hydrogens (tertiary/aromatic N) is 1.